The highest BCUT2D eigenvalue weighted by atomic mass is 32.1. The van der Waals surface area contributed by atoms with E-state index < -0.39 is 17.7 Å². The number of ketones is 1. The number of ether oxygens (including phenoxy) is 2. The van der Waals surface area contributed by atoms with Crippen LogP contribution in [0, 0.1) is 6.92 Å². The number of amides is 1. The summed E-state index contributed by atoms with van der Waals surface area (Å²) in [5.41, 5.74) is 2.80. The first-order chi connectivity index (χ1) is 16.5. The van der Waals surface area contributed by atoms with Gasteiger partial charge < -0.3 is 19.5 Å². The summed E-state index contributed by atoms with van der Waals surface area (Å²) in [6.45, 7) is 3.30. The van der Waals surface area contributed by atoms with E-state index in [4.69, 9.17) is 9.47 Å². The average molecular weight is 478 g/mol. The minimum absolute atomic E-state index is 0.110. The molecule has 4 rings (SSSR count). The highest BCUT2D eigenvalue weighted by molar-refractivity contribution is 7.10. The number of hydrogen-bond acceptors (Lipinski definition) is 6. The number of carbonyl (C=O) groups is 2. The molecule has 6 nitrogen and oxygen atoms in total. The summed E-state index contributed by atoms with van der Waals surface area (Å²) in [7, 11) is 1.60. The van der Waals surface area contributed by atoms with Gasteiger partial charge in [0.05, 0.1) is 11.6 Å². The molecule has 1 fully saturated rings. The van der Waals surface area contributed by atoms with Crippen LogP contribution in [-0.2, 0) is 20.9 Å². The summed E-state index contributed by atoms with van der Waals surface area (Å²) in [5.74, 6) is -0.814. The van der Waals surface area contributed by atoms with E-state index in [-0.39, 0.29) is 11.3 Å². The quantitative estimate of drug-likeness (QED) is 0.201. The van der Waals surface area contributed by atoms with Gasteiger partial charge in [0.2, 0.25) is 0 Å². The third-order valence-electron chi connectivity index (χ3n) is 5.72. The van der Waals surface area contributed by atoms with Gasteiger partial charge in [-0.15, -0.1) is 11.3 Å². The van der Waals surface area contributed by atoms with E-state index in [2.05, 4.69) is 6.07 Å². The van der Waals surface area contributed by atoms with Crippen LogP contribution in [0.15, 0.2) is 71.6 Å². The van der Waals surface area contributed by atoms with E-state index in [1.54, 1.807) is 31.4 Å². The smallest absolute Gasteiger partial charge is 0.295 e. The maximum absolute atomic E-state index is 13.0. The van der Waals surface area contributed by atoms with E-state index in [0.717, 1.165) is 10.4 Å². The Labute approximate surface area is 203 Å². The van der Waals surface area contributed by atoms with Crippen molar-refractivity contribution in [2.75, 3.05) is 20.3 Å². The van der Waals surface area contributed by atoms with Crippen molar-refractivity contribution < 1.29 is 24.2 Å². The van der Waals surface area contributed by atoms with Gasteiger partial charge in [0, 0.05) is 30.7 Å². The van der Waals surface area contributed by atoms with Crippen LogP contribution in [-0.4, -0.2) is 42.0 Å². The number of benzene rings is 2. The highest BCUT2D eigenvalue weighted by Crippen LogP contribution is 2.41. The number of rotatable bonds is 9. The number of hydrogen-bond donors (Lipinski definition) is 1. The molecule has 0 saturated carbocycles. The molecule has 1 atom stereocenters. The molecule has 1 aliphatic rings. The molecule has 1 N–H and O–H groups in total. The van der Waals surface area contributed by atoms with Gasteiger partial charge >= 0.3 is 0 Å². The van der Waals surface area contributed by atoms with Crippen molar-refractivity contribution in [3.05, 3.63) is 93.2 Å². The number of thiophene rings is 1. The molecule has 2 aromatic carbocycles. The molecule has 1 aliphatic heterocycles. The SMILES string of the molecule is COCCCN1C(=O)C(=O)/C(=C(\O)c2ccc(OCc3cccc(C)c3)cc2)C1c1cccs1. The van der Waals surface area contributed by atoms with E-state index in [1.165, 1.54) is 21.8 Å². The van der Waals surface area contributed by atoms with Crippen molar-refractivity contribution in [3.63, 3.8) is 0 Å². The van der Waals surface area contributed by atoms with Crippen LogP contribution < -0.4 is 4.74 Å². The molecule has 0 radical (unpaired) electrons. The van der Waals surface area contributed by atoms with E-state index in [9.17, 15) is 14.7 Å². The molecule has 2 heterocycles. The van der Waals surface area contributed by atoms with Gasteiger partial charge in [-0.1, -0.05) is 35.9 Å². The van der Waals surface area contributed by atoms with E-state index in [0.29, 0.717) is 37.5 Å². The lowest BCUT2D eigenvalue weighted by Crippen LogP contribution is -2.31. The fraction of sp³-hybridized carbons (Fsp3) is 0.259. The standard InChI is InChI=1S/C27H27NO5S/c1-18-6-3-7-19(16-18)17-33-21-11-9-20(10-12-21)25(29)23-24(22-8-4-15-34-22)28(13-5-14-32-2)27(31)26(23)30/h3-4,6-12,15-16,24,29H,5,13-14,17H2,1-2H3/b25-23-. The Morgan fingerprint density at radius 1 is 1.09 bits per heavy atom. The van der Waals surface area contributed by atoms with Gasteiger partial charge in [-0.2, -0.15) is 0 Å². The molecule has 34 heavy (non-hydrogen) atoms. The molecule has 1 amide bonds. The molecule has 1 aromatic heterocycles. The zero-order valence-corrected chi connectivity index (χ0v) is 20.0. The number of aryl methyl sites for hydroxylation is 1. The normalized spacial score (nSPS) is 17.4. The third kappa shape index (κ3) is 5.05. The molecule has 0 spiro atoms. The van der Waals surface area contributed by atoms with E-state index in [1.807, 2.05) is 42.6 Å². The minimum Gasteiger partial charge on any atom is -0.507 e. The Kier molecular flexibility index (Phi) is 7.45. The monoisotopic (exact) mass is 477 g/mol. The number of Topliss-reactive ketones (excluding diaryl/α,β-unsaturated/α-hetero) is 1. The second-order valence-electron chi connectivity index (χ2n) is 8.16. The van der Waals surface area contributed by atoms with Gasteiger partial charge in [-0.05, 0) is 54.6 Å². The Hall–Kier alpha value is -3.42. The lowest BCUT2D eigenvalue weighted by atomic mass is 10.00. The number of methoxy groups -OCH3 is 1. The average Bonchev–Trinajstić information content (AvgIpc) is 3.45. The summed E-state index contributed by atoms with van der Waals surface area (Å²) >= 11 is 1.45. The van der Waals surface area contributed by atoms with Crippen LogP contribution in [0.2, 0.25) is 0 Å². The van der Waals surface area contributed by atoms with Crippen LogP contribution in [0.5, 0.6) is 5.75 Å². The number of nitrogens with zero attached hydrogens (tertiary/aromatic N) is 1. The van der Waals surface area contributed by atoms with Crippen LogP contribution in [0.4, 0.5) is 0 Å². The topological polar surface area (TPSA) is 76.1 Å². The van der Waals surface area contributed by atoms with Gasteiger partial charge in [-0.25, -0.2) is 0 Å². The molecule has 1 saturated heterocycles. The van der Waals surface area contributed by atoms with Crippen molar-refractivity contribution >= 4 is 28.8 Å². The van der Waals surface area contributed by atoms with Gasteiger partial charge in [0.15, 0.2) is 0 Å². The van der Waals surface area contributed by atoms with Gasteiger partial charge in [-0.3, -0.25) is 9.59 Å². The summed E-state index contributed by atoms with van der Waals surface area (Å²) in [5, 5.41) is 13.0. The van der Waals surface area contributed by atoms with E-state index >= 15 is 0 Å². The van der Waals surface area contributed by atoms with Crippen molar-refractivity contribution in [3.8, 4) is 5.75 Å². The van der Waals surface area contributed by atoms with Crippen molar-refractivity contribution in [1.82, 2.24) is 4.90 Å². The Morgan fingerprint density at radius 3 is 2.56 bits per heavy atom. The van der Waals surface area contributed by atoms with Crippen LogP contribution in [0.25, 0.3) is 5.76 Å². The predicted molar refractivity (Wildman–Crippen MR) is 132 cm³/mol. The van der Waals surface area contributed by atoms with Crippen molar-refractivity contribution in [1.29, 1.82) is 0 Å². The van der Waals surface area contributed by atoms with Gasteiger partial charge in [0.1, 0.15) is 18.1 Å². The molecule has 176 valence electrons. The maximum atomic E-state index is 13.0. The second-order valence-corrected chi connectivity index (χ2v) is 9.14. The maximum Gasteiger partial charge on any atom is 0.295 e. The number of likely N-dealkylation sites (tertiary alicyclic amines) is 1. The molecule has 0 bridgehead atoms. The highest BCUT2D eigenvalue weighted by Gasteiger charge is 2.46. The Morgan fingerprint density at radius 2 is 1.88 bits per heavy atom. The Balaban J connectivity index is 1.59. The zero-order chi connectivity index (χ0) is 24.1. The molecule has 7 heteroatoms. The first kappa shape index (κ1) is 23.7. The summed E-state index contributed by atoms with van der Waals surface area (Å²) in [6.07, 6.45) is 0.596. The Bertz CT molecular complexity index is 1180. The van der Waals surface area contributed by atoms with Gasteiger partial charge in [0.25, 0.3) is 11.7 Å². The summed E-state index contributed by atoms with van der Waals surface area (Å²) < 4.78 is 11.0. The van der Waals surface area contributed by atoms with Crippen LogP contribution in [0.3, 0.4) is 0 Å². The van der Waals surface area contributed by atoms with Crippen molar-refractivity contribution in [2.45, 2.75) is 26.0 Å². The summed E-state index contributed by atoms with van der Waals surface area (Å²) in [4.78, 5) is 28.1. The number of aliphatic hydroxyl groups excluding tert-OH is 1. The lowest BCUT2D eigenvalue weighted by molar-refractivity contribution is -0.140. The van der Waals surface area contributed by atoms with Crippen LogP contribution in [0.1, 0.15) is 34.0 Å². The fourth-order valence-corrected chi connectivity index (χ4v) is 4.91. The summed E-state index contributed by atoms with van der Waals surface area (Å²) in [6, 6.07) is 18.1. The molecular formula is C27H27NO5S. The van der Waals surface area contributed by atoms with Crippen molar-refractivity contribution in [2.24, 2.45) is 0 Å². The number of carbonyl (C=O) groups excluding carboxylic acids is 2. The molecule has 1 unspecified atom stereocenters. The first-order valence-corrected chi connectivity index (χ1v) is 12.0. The largest absolute Gasteiger partial charge is 0.507 e. The number of aliphatic hydroxyl groups is 1. The molecular weight excluding hydrogens is 450 g/mol. The third-order valence-corrected chi connectivity index (χ3v) is 6.64. The fourth-order valence-electron chi connectivity index (χ4n) is 4.07. The molecule has 0 aliphatic carbocycles. The second kappa shape index (κ2) is 10.7. The molecule has 3 aromatic rings. The minimum atomic E-state index is -0.673. The lowest BCUT2D eigenvalue weighted by Gasteiger charge is -2.24. The predicted octanol–water partition coefficient (Wildman–Crippen LogP) is 5.09. The van der Waals surface area contributed by atoms with Crippen LogP contribution >= 0.6 is 11.3 Å². The zero-order valence-electron chi connectivity index (χ0n) is 19.2. The first-order valence-electron chi connectivity index (χ1n) is 11.1.